The quantitative estimate of drug-likeness (QED) is 0.769. The lowest BCUT2D eigenvalue weighted by atomic mass is 10.6. The smallest absolute Gasteiger partial charge is 0.212 e. The molecule has 0 atom stereocenters. The van der Waals surface area contributed by atoms with Crippen molar-refractivity contribution < 1.29 is 0 Å². The van der Waals surface area contributed by atoms with Gasteiger partial charge in [-0.15, -0.1) is 23.1 Å². The number of hydrogen-bond donors (Lipinski definition) is 1. The van der Waals surface area contributed by atoms with E-state index >= 15 is 0 Å². The second-order valence-corrected chi connectivity index (χ2v) is 4.05. The number of hydrogen-bond acceptors (Lipinski definition) is 5. The fourth-order valence-corrected chi connectivity index (χ4v) is 2.03. The summed E-state index contributed by atoms with van der Waals surface area (Å²) in [5, 5.41) is 6.85. The summed E-state index contributed by atoms with van der Waals surface area (Å²) in [6, 6.07) is 0. The molecule has 2 N–H and O–H groups in total. The van der Waals surface area contributed by atoms with E-state index in [1.165, 1.54) is 11.3 Å². The highest BCUT2D eigenvalue weighted by molar-refractivity contribution is 7.98. The minimum Gasteiger partial charge on any atom is -0.383 e. The molecule has 2 aromatic rings. The molecule has 0 aliphatic heterocycles. The largest absolute Gasteiger partial charge is 0.383 e. The van der Waals surface area contributed by atoms with Gasteiger partial charge in [-0.05, 0) is 6.26 Å². The van der Waals surface area contributed by atoms with Crippen molar-refractivity contribution in [1.29, 1.82) is 0 Å². The molecule has 68 valence electrons. The number of nitrogen functional groups attached to an aromatic ring is 1. The number of nitrogens with two attached hydrogens (primary N) is 1. The Labute approximate surface area is 83.8 Å². The first-order chi connectivity index (χ1) is 6.33. The van der Waals surface area contributed by atoms with Crippen molar-refractivity contribution in [3.05, 3.63) is 17.8 Å². The van der Waals surface area contributed by atoms with Gasteiger partial charge in [0, 0.05) is 11.6 Å². The zero-order chi connectivity index (χ0) is 9.26. The minimum absolute atomic E-state index is 0.655. The van der Waals surface area contributed by atoms with Crippen LogP contribution in [-0.2, 0) is 0 Å². The minimum atomic E-state index is 0.655. The predicted molar refractivity (Wildman–Crippen MR) is 55.4 cm³/mol. The first-order valence-electron chi connectivity index (χ1n) is 3.60. The van der Waals surface area contributed by atoms with Gasteiger partial charge in [0.15, 0.2) is 0 Å². The number of aromatic nitrogens is 3. The van der Waals surface area contributed by atoms with Crippen LogP contribution in [0.2, 0.25) is 0 Å². The molecule has 0 bridgehead atoms. The SMILES string of the molecule is CSc1cnn(-c2nccs2)c1N. The van der Waals surface area contributed by atoms with Crippen molar-refractivity contribution in [1.82, 2.24) is 14.8 Å². The zero-order valence-electron chi connectivity index (χ0n) is 6.97. The van der Waals surface area contributed by atoms with Crippen molar-refractivity contribution in [2.24, 2.45) is 0 Å². The van der Waals surface area contributed by atoms with Crippen LogP contribution in [0.3, 0.4) is 0 Å². The maximum absolute atomic E-state index is 5.85. The van der Waals surface area contributed by atoms with Crippen molar-refractivity contribution in [2.45, 2.75) is 4.90 Å². The van der Waals surface area contributed by atoms with Crippen LogP contribution in [0.1, 0.15) is 0 Å². The second-order valence-electron chi connectivity index (χ2n) is 2.32. The maximum atomic E-state index is 5.85. The average molecular weight is 212 g/mol. The molecule has 0 aromatic carbocycles. The molecule has 0 saturated heterocycles. The van der Waals surface area contributed by atoms with Gasteiger partial charge in [-0.1, -0.05) is 0 Å². The third kappa shape index (κ3) is 1.42. The van der Waals surface area contributed by atoms with Crippen LogP contribution < -0.4 is 5.73 Å². The second kappa shape index (κ2) is 3.39. The summed E-state index contributed by atoms with van der Waals surface area (Å²) >= 11 is 3.10. The Balaban J connectivity index is 2.48. The van der Waals surface area contributed by atoms with Gasteiger partial charge >= 0.3 is 0 Å². The van der Waals surface area contributed by atoms with E-state index in [0.29, 0.717) is 5.82 Å². The van der Waals surface area contributed by atoms with E-state index in [2.05, 4.69) is 10.1 Å². The molecule has 6 heteroatoms. The monoisotopic (exact) mass is 212 g/mol. The summed E-state index contributed by atoms with van der Waals surface area (Å²) in [6.07, 6.45) is 5.46. The molecule has 0 radical (unpaired) electrons. The summed E-state index contributed by atoms with van der Waals surface area (Å²) in [6.45, 7) is 0. The van der Waals surface area contributed by atoms with Gasteiger partial charge in [-0.2, -0.15) is 9.78 Å². The summed E-state index contributed by atoms with van der Waals surface area (Å²) < 4.78 is 1.65. The molecule has 0 unspecified atom stereocenters. The van der Waals surface area contributed by atoms with E-state index in [1.54, 1.807) is 28.8 Å². The fraction of sp³-hybridized carbons (Fsp3) is 0.143. The molecule has 0 aliphatic carbocycles. The van der Waals surface area contributed by atoms with E-state index in [1.807, 2.05) is 11.6 Å². The molecular formula is C7H8N4S2. The van der Waals surface area contributed by atoms with Crippen molar-refractivity contribution in [3.63, 3.8) is 0 Å². The van der Waals surface area contributed by atoms with Gasteiger partial charge in [0.05, 0.1) is 11.1 Å². The van der Waals surface area contributed by atoms with Gasteiger partial charge in [-0.25, -0.2) is 4.98 Å². The Hall–Kier alpha value is -1.01. The van der Waals surface area contributed by atoms with E-state index in [9.17, 15) is 0 Å². The van der Waals surface area contributed by atoms with Crippen LogP contribution in [0, 0.1) is 0 Å². The Bertz CT molecular complexity index is 393. The third-order valence-corrected chi connectivity index (χ3v) is 3.09. The van der Waals surface area contributed by atoms with Gasteiger partial charge < -0.3 is 5.73 Å². The maximum Gasteiger partial charge on any atom is 0.212 e. The van der Waals surface area contributed by atoms with E-state index in [4.69, 9.17) is 5.73 Å². The molecule has 0 spiro atoms. The number of thioether (sulfide) groups is 1. The van der Waals surface area contributed by atoms with E-state index in [-0.39, 0.29) is 0 Å². The van der Waals surface area contributed by atoms with Gasteiger partial charge in [-0.3, -0.25) is 0 Å². The molecule has 0 amide bonds. The Morgan fingerprint density at radius 3 is 3.00 bits per heavy atom. The number of thiazole rings is 1. The molecule has 4 nitrogen and oxygen atoms in total. The molecule has 2 rings (SSSR count). The van der Waals surface area contributed by atoms with Crippen molar-refractivity contribution >= 4 is 28.9 Å². The molecule has 0 saturated carbocycles. The summed E-state index contributed by atoms with van der Waals surface area (Å²) in [5.41, 5.74) is 5.85. The van der Waals surface area contributed by atoms with Crippen LogP contribution in [-0.4, -0.2) is 21.0 Å². The van der Waals surface area contributed by atoms with E-state index in [0.717, 1.165) is 10.0 Å². The zero-order valence-corrected chi connectivity index (χ0v) is 8.60. The first-order valence-corrected chi connectivity index (χ1v) is 5.70. The van der Waals surface area contributed by atoms with Crippen molar-refractivity contribution in [3.8, 4) is 5.13 Å². The summed E-state index contributed by atoms with van der Waals surface area (Å²) in [4.78, 5) is 5.11. The molecule has 2 aromatic heterocycles. The van der Waals surface area contributed by atoms with Crippen molar-refractivity contribution in [2.75, 3.05) is 12.0 Å². The van der Waals surface area contributed by atoms with Gasteiger partial charge in [0.1, 0.15) is 5.82 Å². The Morgan fingerprint density at radius 2 is 2.46 bits per heavy atom. The normalized spacial score (nSPS) is 10.5. The first kappa shape index (κ1) is 8.58. The lowest BCUT2D eigenvalue weighted by Crippen LogP contribution is -2.01. The fourth-order valence-electron chi connectivity index (χ4n) is 0.973. The Kier molecular flexibility index (Phi) is 2.24. The highest BCUT2D eigenvalue weighted by Crippen LogP contribution is 2.25. The standard InChI is InChI=1S/C7H8N4S2/c1-12-5-4-10-11(6(5)8)7-9-2-3-13-7/h2-4H,8H2,1H3. The highest BCUT2D eigenvalue weighted by atomic mass is 32.2. The Morgan fingerprint density at radius 1 is 1.62 bits per heavy atom. The average Bonchev–Trinajstić information content (AvgIpc) is 2.72. The molecule has 0 fully saturated rings. The van der Waals surface area contributed by atoms with Crippen LogP contribution >= 0.6 is 23.1 Å². The van der Waals surface area contributed by atoms with Gasteiger partial charge in [0.2, 0.25) is 5.13 Å². The lowest BCUT2D eigenvalue weighted by Gasteiger charge is -1.98. The predicted octanol–water partition coefficient (Wildman–Crippen LogP) is 1.63. The molecular weight excluding hydrogens is 204 g/mol. The lowest BCUT2D eigenvalue weighted by molar-refractivity contribution is 0.880. The van der Waals surface area contributed by atoms with Crippen LogP contribution in [0.25, 0.3) is 5.13 Å². The number of rotatable bonds is 2. The molecule has 2 heterocycles. The van der Waals surface area contributed by atoms with E-state index < -0.39 is 0 Å². The third-order valence-electron chi connectivity index (χ3n) is 1.59. The van der Waals surface area contributed by atoms with Gasteiger partial charge in [0.25, 0.3) is 0 Å². The summed E-state index contributed by atoms with van der Waals surface area (Å²) in [7, 11) is 0. The summed E-state index contributed by atoms with van der Waals surface area (Å²) in [5.74, 6) is 0.655. The topological polar surface area (TPSA) is 56.7 Å². The number of anilines is 1. The number of nitrogens with zero attached hydrogens (tertiary/aromatic N) is 3. The van der Waals surface area contributed by atoms with Crippen LogP contribution in [0.15, 0.2) is 22.7 Å². The highest BCUT2D eigenvalue weighted by Gasteiger charge is 2.08. The van der Waals surface area contributed by atoms with Crippen LogP contribution in [0.5, 0.6) is 0 Å². The van der Waals surface area contributed by atoms with Crippen LogP contribution in [0.4, 0.5) is 5.82 Å². The molecule has 0 aliphatic rings. The molecule has 13 heavy (non-hydrogen) atoms.